The van der Waals surface area contributed by atoms with Crippen molar-refractivity contribution in [3.05, 3.63) is 72.3 Å². The van der Waals surface area contributed by atoms with Crippen molar-refractivity contribution in [3.63, 3.8) is 0 Å². The predicted octanol–water partition coefficient (Wildman–Crippen LogP) is 2.87. The fourth-order valence-electron chi connectivity index (χ4n) is 2.23. The van der Waals surface area contributed by atoms with E-state index in [0.717, 1.165) is 0 Å². The molecule has 5 nitrogen and oxygen atoms in total. The number of methoxy groups -OCH3 is 1. The van der Waals surface area contributed by atoms with E-state index in [1.165, 1.54) is 7.11 Å². The van der Waals surface area contributed by atoms with E-state index in [1.54, 1.807) is 48.5 Å². The van der Waals surface area contributed by atoms with Crippen molar-refractivity contribution in [3.8, 4) is 11.5 Å². The molecule has 0 saturated heterocycles. The summed E-state index contributed by atoms with van der Waals surface area (Å²) in [7, 11) is 1.50. The molecule has 0 unspecified atom stereocenters. The number of hydrogen-bond donors (Lipinski definition) is 1. The lowest BCUT2D eigenvalue weighted by Gasteiger charge is -2.15. The number of benzene rings is 2. The third-order valence-electron chi connectivity index (χ3n) is 3.39. The first-order valence-corrected chi connectivity index (χ1v) is 7.93. The molecular formula is C20H22O5. The van der Waals surface area contributed by atoms with E-state index < -0.39 is 6.10 Å². The standard InChI is InChI=1S/C20H22O5/c1-3-11-24-17-9-10-18(20(22)15-7-5-4-6-8-15)19(12-17)25-14-16(21)13-23-2/h3-10,12,16,21H,1,11,13-14H2,2H3/t16-/m0/s1. The molecule has 2 aromatic carbocycles. The highest BCUT2D eigenvalue weighted by atomic mass is 16.5. The van der Waals surface area contributed by atoms with Gasteiger partial charge in [-0.15, -0.1) is 0 Å². The summed E-state index contributed by atoms with van der Waals surface area (Å²) in [5, 5.41) is 9.79. The highest BCUT2D eigenvalue weighted by molar-refractivity contribution is 6.10. The number of aliphatic hydroxyl groups is 1. The summed E-state index contributed by atoms with van der Waals surface area (Å²) in [5.74, 6) is 0.749. The van der Waals surface area contributed by atoms with Gasteiger partial charge in [-0.1, -0.05) is 43.0 Å². The second-order valence-corrected chi connectivity index (χ2v) is 5.37. The van der Waals surface area contributed by atoms with Gasteiger partial charge < -0.3 is 19.3 Å². The molecule has 0 bridgehead atoms. The highest BCUT2D eigenvalue weighted by Crippen LogP contribution is 2.27. The number of ether oxygens (including phenoxy) is 3. The molecule has 0 heterocycles. The van der Waals surface area contributed by atoms with Crippen LogP contribution in [-0.2, 0) is 4.74 Å². The van der Waals surface area contributed by atoms with Crippen LogP contribution in [-0.4, -0.2) is 43.9 Å². The summed E-state index contributed by atoms with van der Waals surface area (Å²) >= 11 is 0. The first kappa shape index (κ1) is 18.7. The molecule has 25 heavy (non-hydrogen) atoms. The van der Waals surface area contributed by atoms with Gasteiger partial charge in [0.05, 0.1) is 12.2 Å². The van der Waals surface area contributed by atoms with Crippen LogP contribution in [0, 0.1) is 0 Å². The molecule has 0 radical (unpaired) electrons. The zero-order chi connectivity index (χ0) is 18.1. The first-order chi connectivity index (χ1) is 12.2. The van der Waals surface area contributed by atoms with Gasteiger partial charge in [0.2, 0.25) is 0 Å². The Hall–Kier alpha value is -2.63. The average Bonchev–Trinajstić information content (AvgIpc) is 2.65. The zero-order valence-corrected chi connectivity index (χ0v) is 14.2. The summed E-state index contributed by atoms with van der Waals surface area (Å²) in [6, 6.07) is 13.9. The number of carbonyl (C=O) groups excluding carboxylic acids is 1. The highest BCUT2D eigenvalue weighted by Gasteiger charge is 2.17. The molecule has 0 amide bonds. The molecule has 132 valence electrons. The summed E-state index contributed by atoms with van der Waals surface area (Å²) in [4.78, 5) is 12.7. The molecule has 0 aliphatic heterocycles. The van der Waals surface area contributed by atoms with Gasteiger partial charge in [-0.3, -0.25) is 4.79 Å². The van der Waals surface area contributed by atoms with E-state index in [1.807, 2.05) is 6.07 Å². The van der Waals surface area contributed by atoms with Crippen LogP contribution in [0.4, 0.5) is 0 Å². The van der Waals surface area contributed by atoms with Crippen LogP contribution >= 0.6 is 0 Å². The van der Waals surface area contributed by atoms with Crippen molar-refractivity contribution in [1.82, 2.24) is 0 Å². The number of aliphatic hydroxyl groups excluding tert-OH is 1. The van der Waals surface area contributed by atoms with Gasteiger partial charge >= 0.3 is 0 Å². The normalized spacial score (nSPS) is 11.6. The lowest BCUT2D eigenvalue weighted by atomic mass is 10.0. The zero-order valence-electron chi connectivity index (χ0n) is 14.2. The van der Waals surface area contributed by atoms with Crippen molar-refractivity contribution >= 4 is 5.78 Å². The summed E-state index contributed by atoms with van der Waals surface area (Å²) in [6.45, 7) is 4.11. The number of ketones is 1. The molecule has 0 fully saturated rings. The van der Waals surface area contributed by atoms with Crippen LogP contribution in [0.15, 0.2) is 61.2 Å². The maximum absolute atomic E-state index is 12.7. The number of carbonyl (C=O) groups is 1. The van der Waals surface area contributed by atoms with E-state index >= 15 is 0 Å². The molecule has 5 heteroatoms. The Morgan fingerprint density at radius 1 is 1.16 bits per heavy atom. The van der Waals surface area contributed by atoms with Gasteiger partial charge in [0.25, 0.3) is 0 Å². The van der Waals surface area contributed by atoms with Gasteiger partial charge in [-0.05, 0) is 12.1 Å². The topological polar surface area (TPSA) is 65.0 Å². The van der Waals surface area contributed by atoms with Crippen molar-refractivity contribution in [1.29, 1.82) is 0 Å². The van der Waals surface area contributed by atoms with Crippen LogP contribution in [0.1, 0.15) is 15.9 Å². The van der Waals surface area contributed by atoms with Gasteiger partial charge in [0.15, 0.2) is 5.78 Å². The fraction of sp³-hybridized carbons (Fsp3) is 0.250. The fourth-order valence-corrected chi connectivity index (χ4v) is 2.23. The van der Waals surface area contributed by atoms with Crippen molar-refractivity contribution in [2.45, 2.75) is 6.10 Å². The maximum Gasteiger partial charge on any atom is 0.196 e. The molecule has 1 atom stereocenters. The van der Waals surface area contributed by atoms with Gasteiger partial charge in [-0.25, -0.2) is 0 Å². The molecule has 0 spiro atoms. The molecule has 0 aliphatic rings. The van der Waals surface area contributed by atoms with Gasteiger partial charge in [0, 0.05) is 18.7 Å². The Morgan fingerprint density at radius 3 is 2.60 bits per heavy atom. The molecule has 1 N–H and O–H groups in total. The quantitative estimate of drug-likeness (QED) is 0.531. The minimum Gasteiger partial charge on any atom is -0.490 e. The van der Waals surface area contributed by atoms with Crippen LogP contribution < -0.4 is 9.47 Å². The second kappa shape index (κ2) is 9.61. The minimum atomic E-state index is -0.789. The van der Waals surface area contributed by atoms with E-state index in [9.17, 15) is 9.90 Å². The monoisotopic (exact) mass is 342 g/mol. The molecule has 2 aromatic rings. The van der Waals surface area contributed by atoms with E-state index in [-0.39, 0.29) is 19.0 Å². The second-order valence-electron chi connectivity index (χ2n) is 5.37. The molecule has 0 aliphatic carbocycles. The van der Waals surface area contributed by atoms with Crippen LogP contribution in [0.3, 0.4) is 0 Å². The molecular weight excluding hydrogens is 320 g/mol. The lowest BCUT2D eigenvalue weighted by molar-refractivity contribution is 0.0322. The lowest BCUT2D eigenvalue weighted by Crippen LogP contribution is -2.23. The number of hydrogen-bond acceptors (Lipinski definition) is 5. The third-order valence-corrected chi connectivity index (χ3v) is 3.39. The Morgan fingerprint density at radius 2 is 1.92 bits per heavy atom. The Bertz CT molecular complexity index is 696. The van der Waals surface area contributed by atoms with Crippen LogP contribution in [0.2, 0.25) is 0 Å². The minimum absolute atomic E-state index is 0.00776. The van der Waals surface area contributed by atoms with Gasteiger partial charge in [0.1, 0.15) is 30.8 Å². The maximum atomic E-state index is 12.7. The van der Waals surface area contributed by atoms with E-state index in [2.05, 4.69) is 6.58 Å². The SMILES string of the molecule is C=CCOc1ccc(C(=O)c2ccccc2)c(OC[C@@H](O)COC)c1. The van der Waals surface area contributed by atoms with Crippen LogP contribution in [0.5, 0.6) is 11.5 Å². The van der Waals surface area contributed by atoms with Crippen molar-refractivity contribution in [2.24, 2.45) is 0 Å². The summed E-state index contributed by atoms with van der Waals surface area (Å²) in [6.07, 6.45) is 0.841. The largest absolute Gasteiger partial charge is 0.490 e. The molecule has 0 saturated carbocycles. The average molecular weight is 342 g/mol. The molecule has 0 aromatic heterocycles. The number of rotatable bonds is 10. The first-order valence-electron chi connectivity index (χ1n) is 7.93. The van der Waals surface area contributed by atoms with E-state index in [4.69, 9.17) is 14.2 Å². The summed E-state index contributed by atoms with van der Waals surface area (Å²) in [5.41, 5.74) is 0.964. The molecule has 2 rings (SSSR count). The Kier molecular flexibility index (Phi) is 7.19. The summed E-state index contributed by atoms with van der Waals surface area (Å²) < 4.78 is 16.0. The van der Waals surface area contributed by atoms with E-state index in [0.29, 0.717) is 29.2 Å². The van der Waals surface area contributed by atoms with Gasteiger partial charge in [-0.2, -0.15) is 0 Å². The smallest absolute Gasteiger partial charge is 0.196 e. The van der Waals surface area contributed by atoms with Crippen molar-refractivity contribution < 1.29 is 24.1 Å². The Balaban J connectivity index is 2.26. The van der Waals surface area contributed by atoms with Crippen LogP contribution in [0.25, 0.3) is 0 Å². The third kappa shape index (κ3) is 5.45. The predicted molar refractivity (Wildman–Crippen MR) is 95.4 cm³/mol. The Labute approximate surface area is 147 Å². The van der Waals surface area contributed by atoms with Crippen molar-refractivity contribution in [2.75, 3.05) is 26.9 Å².